The number of hydrogen-bond acceptors (Lipinski definition) is 10. The maximum Gasteiger partial charge on any atom is 0.303 e. The van der Waals surface area contributed by atoms with E-state index < -0.39 is 66.6 Å². The molecule has 6 aliphatic rings. The molecule has 5 aliphatic carbocycles. The first kappa shape index (κ1) is 38.7. The van der Waals surface area contributed by atoms with Crippen molar-refractivity contribution in [1.29, 1.82) is 0 Å². The summed E-state index contributed by atoms with van der Waals surface area (Å²) in [6, 6.07) is 0. The van der Waals surface area contributed by atoms with Crippen LogP contribution in [0.4, 0.5) is 0 Å². The van der Waals surface area contributed by atoms with Crippen molar-refractivity contribution in [1.82, 2.24) is 5.32 Å². The van der Waals surface area contributed by atoms with Crippen LogP contribution >= 0.6 is 0 Å². The highest BCUT2D eigenvalue weighted by atomic mass is 16.6. The number of esters is 2. The highest BCUT2D eigenvalue weighted by molar-refractivity contribution is 5.85. The van der Waals surface area contributed by atoms with Crippen molar-refractivity contribution < 1.29 is 49.0 Å². The Labute approximate surface area is 303 Å². The van der Waals surface area contributed by atoms with Gasteiger partial charge in [-0.25, -0.2) is 0 Å². The van der Waals surface area contributed by atoms with Gasteiger partial charge in [0.2, 0.25) is 5.91 Å². The minimum absolute atomic E-state index is 0.0314. The van der Waals surface area contributed by atoms with Gasteiger partial charge in [0.25, 0.3) is 0 Å². The van der Waals surface area contributed by atoms with Crippen LogP contribution in [-0.4, -0.2) is 87.7 Å². The molecule has 11 nitrogen and oxygen atoms in total. The highest BCUT2D eigenvalue weighted by Gasteiger charge is 2.71. The topological polar surface area (TPSA) is 172 Å². The molecular formula is C40H63NO10. The molecule has 288 valence electrons. The van der Waals surface area contributed by atoms with Gasteiger partial charge < -0.3 is 40.0 Å². The van der Waals surface area contributed by atoms with Crippen molar-refractivity contribution in [2.24, 2.45) is 50.2 Å². The SMILES string of the molecule is CC(=O)O[C@@H]1C(CO)O[C@H](NC(=O)[C@]23CCC(C)(C)CC2C2=CCC4[C@@]5(C)CC[C@H](O)C(C)(C)C5CC[C@@]4(C)[C@]2(C)C[C@H]3O)C(O)[C@@H]1OC(C)=O. The number of carbonyl (C=O) groups is 3. The first-order valence-corrected chi connectivity index (χ1v) is 19.3. The molecule has 4 saturated carbocycles. The molecule has 11 heteroatoms. The van der Waals surface area contributed by atoms with Crippen LogP contribution in [0.1, 0.15) is 120 Å². The standard InChI is InChI=1S/C40H63NO10/c1-21(43)49-31-25(20-42)51-33(30(47)32(31)50-22(2)44)41-34(48)40-17-16-35(3,4)18-24(40)23-10-11-27-37(7)14-13-28(45)36(5,6)26(37)12-15-38(27,8)39(23,9)19-29(40)46/h10,24-33,42,45-47H,11-20H2,1-9H3,(H,41,48)/t24?,25?,26?,27?,28-,29+,30?,31+,32-,33-,37-,38+,39+,40+/m0/s1. The summed E-state index contributed by atoms with van der Waals surface area (Å²) in [5.74, 6) is -1.41. The molecule has 5 N–H and O–H groups in total. The molecule has 0 bridgehead atoms. The molecule has 5 unspecified atom stereocenters. The molecule has 51 heavy (non-hydrogen) atoms. The Bertz CT molecular complexity index is 1440. The van der Waals surface area contributed by atoms with Crippen LogP contribution in [0.3, 0.4) is 0 Å². The lowest BCUT2D eigenvalue weighted by atomic mass is 9.33. The zero-order valence-electron chi connectivity index (χ0n) is 32.2. The van der Waals surface area contributed by atoms with Crippen LogP contribution in [0.15, 0.2) is 11.6 Å². The fourth-order valence-corrected chi connectivity index (χ4v) is 12.9. The first-order valence-electron chi connectivity index (χ1n) is 19.3. The van der Waals surface area contributed by atoms with Gasteiger partial charge in [0, 0.05) is 13.8 Å². The molecule has 14 atom stereocenters. The van der Waals surface area contributed by atoms with Gasteiger partial charge in [0.1, 0.15) is 12.2 Å². The van der Waals surface area contributed by atoms with E-state index in [1.165, 1.54) is 5.57 Å². The van der Waals surface area contributed by atoms with Gasteiger partial charge in [0.15, 0.2) is 18.4 Å². The third-order valence-corrected chi connectivity index (χ3v) is 15.8. The van der Waals surface area contributed by atoms with E-state index in [-0.39, 0.29) is 39.1 Å². The van der Waals surface area contributed by atoms with Gasteiger partial charge in [-0.3, -0.25) is 14.4 Å². The van der Waals surface area contributed by atoms with E-state index in [1.54, 1.807) is 0 Å². The molecule has 1 aliphatic heterocycles. The Morgan fingerprint density at radius 2 is 1.49 bits per heavy atom. The molecule has 6 rings (SSSR count). The quantitative estimate of drug-likeness (QED) is 0.205. The van der Waals surface area contributed by atoms with Crippen LogP contribution in [0.2, 0.25) is 0 Å². The zero-order valence-corrected chi connectivity index (χ0v) is 32.2. The lowest BCUT2D eigenvalue weighted by Gasteiger charge is -2.71. The molecule has 0 spiro atoms. The van der Waals surface area contributed by atoms with Crippen LogP contribution in [0, 0.1) is 50.2 Å². The number of nitrogens with one attached hydrogen (secondary N) is 1. The van der Waals surface area contributed by atoms with Crippen molar-refractivity contribution in [3.63, 3.8) is 0 Å². The third kappa shape index (κ3) is 5.73. The minimum atomic E-state index is -1.62. The average Bonchev–Trinajstić information content (AvgIpc) is 3.02. The highest BCUT2D eigenvalue weighted by Crippen LogP contribution is 2.75. The normalized spacial score (nSPS) is 48.4. The van der Waals surface area contributed by atoms with Gasteiger partial charge in [-0.2, -0.15) is 0 Å². The molecule has 1 heterocycles. The summed E-state index contributed by atoms with van der Waals surface area (Å²) >= 11 is 0. The predicted molar refractivity (Wildman–Crippen MR) is 187 cm³/mol. The summed E-state index contributed by atoms with van der Waals surface area (Å²) in [5, 5.41) is 48.2. The van der Waals surface area contributed by atoms with E-state index in [0.717, 1.165) is 46.0 Å². The average molecular weight is 718 g/mol. The smallest absolute Gasteiger partial charge is 0.303 e. The molecule has 1 saturated heterocycles. The van der Waals surface area contributed by atoms with Crippen molar-refractivity contribution in [2.75, 3.05) is 6.61 Å². The van der Waals surface area contributed by atoms with Crippen LogP contribution in [0.25, 0.3) is 0 Å². The zero-order chi connectivity index (χ0) is 37.7. The Morgan fingerprint density at radius 1 is 0.843 bits per heavy atom. The van der Waals surface area contributed by atoms with Crippen molar-refractivity contribution in [2.45, 2.75) is 163 Å². The summed E-state index contributed by atoms with van der Waals surface area (Å²) in [6.45, 7) is 17.8. The fraction of sp³-hybridized carbons (Fsp3) is 0.875. The summed E-state index contributed by atoms with van der Waals surface area (Å²) in [6.07, 6.45) is 1.11. The number of hydrogen-bond donors (Lipinski definition) is 5. The Hall–Kier alpha value is -2.05. The van der Waals surface area contributed by atoms with Gasteiger partial charge in [-0.15, -0.1) is 0 Å². The minimum Gasteiger partial charge on any atom is -0.456 e. The second-order valence-electron chi connectivity index (χ2n) is 19.2. The fourth-order valence-electron chi connectivity index (χ4n) is 12.9. The number of aliphatic hydroxyl groups excluding tert-OH is 4. The maximum atomic E-state index is 14.9. The summed E-state index contributed by atoms with van der Waals surface area (Å²) in [4.78, 5) is 38.9. The van der Waals surface area contributed by atoms with Crippen molar-refractivity contribution >= 4 is 17.8 Å². The van der Waals surface area contributed by atoms with Crippen LogP contribution in [0.5, 0.6) is 0 Å². The first-order chi connectivity index (χ1) is 23.6. The summed E-state index contributed by atoms with van der Waals surface area (Å²) in [5.41, 5.74) is -0.694. The van der Waals surface area contributed by atoms with Gasteiger partial charge >= 0.3 is 11.9 Å². The molecule has 0 aromatic heterocycles. The van der Waals surface area contributed by atoms with E-state index in [0.29, 0.717) is 37.5 Å². The van der Waals surface area contributed by atoms with E-state index >= 15 is 0 Å². The number of amides is 1. The van der Waals surface area contributed by atoms with Gasteiger partial charge in [-0.1, -0.05) is 60.1 Å². The number of ether oxygens (including phenoxy) is 3. The van der Waals surface area contributed by atoms with Crippen LogP contribution in [-0.2, 0) is 28.6 Å². The van der Waals surface area contributed by atoms with Crippen molar-refractivity contribution in [3.8, 4) is 0 Å². The number of allylic oxidation sites excluding steroid dienone is 2. The van der Waals surface area contributed by atoms with E-state index in [4.69, 9.17) is 14.2 Å². The summed E-state index contributed by atoms with van der Waals surface area (Å²) in [7, 11) is 0. The Balaban J connectivity index is 1.36. The third-order valence-electron chi connectivity index (χ3n) is 15.8. The maximum absolute atomic E-state index is 14.9. The lowest BCUT2D eigenvalue weighted by Crippen LogP contribution is -2.70. The number of fused-ring (bicyclic) bond motifs is 7. The molecule has 0 aromatic rings. The van der Waals surface area contributed by atoms with E-state index in [2.05, 4.69) is 59.9 Å². The van der Waals surface area contributed by atoms with E-state index in [1.807, 2.05) is 0 Å². The number of rotatable bonds is 5. The largest absolute Gasteiger partial charge is 0.456 e. The van der Waals surface area contributed by atoms with Crippen molar-refractivity contribution in [3.05, 3.63) is 11.6 Å². The summed E-state index contributed by atoms with van der Waals surface area (Å²) < 4.78 is 16.7. The van der Waals surface area contributed by atoms with Gasteiger partial charge in [0.05, 0.1) is 24.2 Å². The number of aliphatic hydroxyl groups is 4. The molecule has 1 amide bonds. The Kier molecular flexibility index (Phi) is 9.69. The molecule has 0 aromatic carbocycles. The molecule has 0 radical (unpaired) electrons. The molecular weight excluding hydrogens is 654 g/mol. The second kappa shape index (κ2) is 12.8. The Morgan fingerprint density at radius 3 is 2.12 bits per heavy atom. The van der Waals surface area contributed by atoms with E-state index in [9.17, 15) is 34.8 Å². The predicted octanol–water partition coefficient (Wildman–Crippen LogP) is 4.18. The monoisotopic (exact) mass is 717 g/mol. The lowest BCUT2D eigenvalue weighted by molar-refractivity contribution is -0.252. The van der Waals surface area contributed by atoms with Crippen LogP contribution < -0.4 is 5.32 Å². The molecule has 5 fully saturated rings. The second-order valence-corrected chi connectivity index (χ2v) is 19.2. The van der Waals surface area contributed by atoms with Gasteiger partial charge in [-0.05, 0) is 103 Å². The number of carbonyl (C=O) groups excluding carboxylic acids is 3.